The first-order valence-corrected chi connectivity index (χ1v) is 12.8. The fourth-order valence-corrected chi connectivity index (χ4v) is 4.49. The second-order valence-corrected chi connectivity index (χ2v) is 11.7. The number of hydrogen-bond donors (Lipinski definition) is 0. The van der Waals surface area contributed by atoms with E-state index in [0.717, 1.165) is 25.2 Å². The highest BCUT2D eigenvalue weighted by Crippen LogP contribution is 2.37. The van der Waals surface area contributed by atoms with Gasteiger partial charge in [0.05, 0.1) is 0 Å². The van der Waals surface area contributed by atoms with E-state index in [1.54, 1.807) is 0 Å². The Morgan fingerprint density at radius 1 is 0.800 bits per heavy atom. The molecule has 0 unspecified atom stereocenters. The molecular weight excluding hydrogens is 368 g/mol. The molecule has 0 aliphatic rings. The quantitative estimate of drug-likeness (QED) is 0.125. The van der Waals surface area contributed by atoms with Gasteiger partial charge in [-0.05, 0) is 48.9 Å². The van der Waals surface area contributed by atoms with E-state index in [4.69, 9.17) is 4.74 Å². The molecule has 0 spiro atoms. The Morgan fingerprint density at radius 3 is 2.07 bits per heavy atom. The molecule has 0 aliphatic carbocycles. The first-order chi connectivity index (χ1) is 14.0. The van der Waals surface area contributed by atoms with E-state index in [0.29, 0.717) is 23.9 Å². The molecule has 0 amide bonds. The van der Waals surface area contributed by atoms with Crippen molar-refractivity contribution in [1.29, 1.82) is 0 Å². The van der Waals surface area contributed by atoms with Crippen LogP contribution in [0, 0.1) is 16.7 Å². The van der Waals surface area contributed by atoms with Gasteiger partial charge < -0.3 is 4.74 Å². The molecule has 30 heavy (non-hydrogen) atoms. The van der Waals surface area contributed by atoms with Crippen molar-refractivity contribution in [3.8, 4) is 0 Å². The molecule has 0 atom stereocenters. The molecule has 0 aliphatic heterocycles. The van der Waals surface area contributed by atoms with Gasteiger partial charge >= 0.3 is 5.97 Å². The molecule has 0 saturated heterocycles. The van der Waals surface area contributed by atoms with Gasteiger partial charge in [-0.15, -0.1) is 0 Å². The van der Waals surface area contributed by atoms with Crippen LogP contribution in [0.1, 0.15) is 138 Å². The maximum absolute atomic E-state index is 11.7. The zero-order chi connectivity index (χ0) is 22.9. The zero-order valence-electron chi connectivity index (χ0n) is 21.7. The summed E-state index contributed by atoms with van der Waals surface area (Å²) in [6.45, 7) is 16.8. The Kier molecular flexibility index (Phi) is 16.4. The van der Waals surface area contributed by atoms with Gasteiger partial charge in [-0.25, -0.2) is 0 Å². The Morgan fingerprint density at radius 2 is 1.40 bits per heavy atom. The van der Waals surface area contributed by atoms with Crippen molar-refractivity contribution < 1.29 is 9.53 Å². The van der Waals surface area contributed by atoms with Crippen LogP contribution >= 0.6 is 0 Å². The fourth-order valence-electron chi connectivity index (χ4n) is 4.49. The fraction of sp³-hybridized carbons (Fsp3) is 0.893. The van der Waals surface area contributed by atoms with Gasteiger partial charge in [0, 0.05) is 6.42 Å². The van der Waals surface area contributed by atoms with Crippen LogP contribution in [0.25, 0.3) is 0 Å². The molecule has 2 nitrogen and oxygen atoms in total. The predicted octanol–water partition coefficient (Wildman–Crippen LogP) is 9.28. The molecule has 2 heteroatoms. The summed E-state index contributed by atoms with van der Waals surface area (Å²) in [6.07, 6.45) is 21.0. The number of unbranched alkanes of at least 4 members (excludes halogenated alkanes) is 8. The molecule has 0 aromatic carbocycles. The average molecular weight is 423 g/mol. The predicted molar refractivity (Wildman–Crippen MR) is 133 cm³/mol. The molecule has 0 fully saturated rings. The lowest BCUT2D eigenvalue weighted by molar-refractivity contribution is -0.142. The number of carbonyl (C=O) groups excluding carboxylic acids is 1. The van der Waals surface area contributed by atoms with Crippen LogP contribution in [0.5, 0.6) is 0 Å². The molecule has 0 radical (unpaired) electrons. The highest BCUT2D eigenvalue weighted by atomic mass is 16.5. The smallest absolute Gasteiger partial charge is 0.306 e. The monoisotopic (exact) mass is 422 g/mol. The molecule has 0 bridgehead atoms. The molecule has 0 aromatic rings. The van der Waals surface area contributed by atoms with Gasteiger partial charge in [0.1, 0.15) is 6.61 Å². The first kappa shape index (κ1) is 29.2. The number of ether oxygens (including phenoxy) is 1. The highest BCUT2D eigenvalue weighted by molar-refractivity contribution is 5.69. The second-order valence-electron chi connectivity index (χ2n) is 11.7. The van der Waals surface area contributed by atoms with Crippen molar-refractivity contribution in [1.82, 2.24) is 0 Å². The summed E-state index contributed by atoms with van der Waals surface area (Å²) < 4.78 is 5.30. The van der Waals surface area contributed by atoms with Crippen LogP contribution in [0.2, 0.25) is 0 Å². The Labute approximate surface area is 189 Å². The third-order valence-corrected chi connectivity index (χ3v) is 5.65. The maximum atomic E-state index is 11.7. The van der Waals surface area contributed by atoms with Gasteiger partial charge in [-0.3, -0.25) is 4.79 Å². The number of rotatable bonds is 18. The molecular formula is C28H54O2. The van der Waals surface area contributed by atoms with Crippen LogP contribution in [0.4, 0.5) is 0 Å². The summed E-state index contributed by atoms with van der Waals surface area (Å²) in [5, 5.41) is 0. The zero-order valence-corrected chi connectivity index (χ0v) is 21.7. The summed E-state index contributed by atoms with van der Waals surface area (Å²) in [4.78, 5) is 11.7. The number of esters is 1. The van der Waals surface area contributed by atoms with E-state index in [-0.39, 0.29) is 5.97 Å². The lowest BCUT2D eigenvalue weighted by Gasteiger charge is -2.32. The van der Waals surface area contributed by atoms with Gasteiger partial charge in [-0.1, -0.05) is 112 Å². The lowest BCUT2D eigenvalue weighted by Crippen LogP contribution is -2.20. The van der Waals surface area contributed by atoms with E-state index < -0.39 is 0 Å². The van der Waals surface area contributed by atoms with Crippen LogP contribution in [-0.2, 0) is 9.53 Å². The highest BCUT2D eigenvalue weighted by Gasteiger charge is 2.24. The Hall–Kier alpha value is -0.790. The van der Waals surface area contributed by atoms with E-state index in [2.05, 4.69) is 54.5 Å². The first-order valence-electron chi connectivity index (χ1n) is 12.8. The molecule has 0 heterocycles. The minimum Gasteiger partial charge on any atom is -0.461 e. The summed E-state index contributed by atoms with van der Waals surface area (Å²) in [5.74, 6) is 0.767. The number of allylic oxidation sites excluding steroid dienone is 1. The van der Waals surface area contributed by atoms with Gasteiger partial charge in [0.25, 0.3) is 0 Å². The average Bonchev–Trinajstić information content (AvgIpc) is 2.60. The minimum absolute atomic E-state index is 0.0419. The van der Waals surface area contributed by atoms with Crippen molar-refractivity contribution in [3.05, 3.63) is 12.2 Å². The van der Waals surface area contributed by atoms with Crippen LogP contribution in [-0.4, -0.2) is 12.6 Å². The van der Waals surface area contributed by atoms with Crippen molar-refractivity contribution in [2.75, 3.05) is 6.61 Å². The molecule has 0 rings (SSSR count). The van der Waals surface area contributed by atoms with Crippen molar-refractivity contribution in [2.45, 2.75) is 138 Å². The van der Waals surface area contributed by atoms with Crippen molar-refractivity contribution >= 4 is 5.97 Å². The van der Waals surface area contributed by atoms with E-state index >= 15 is 0 Å². The summed E-state index contributed by atoms with van der Waals surface area (Å²) in [5.41, 5.74) is 0.876. The SMILES string of the molecule is CC(C)CCCCCCCC(=O)OCC=CCCCCCCC(C)(C)CC(C)(C)C. The Balaban J connectivity index is 3.49. The van der Waals surface area contributed by atoms with E-state index in [1.807, 2.05) is 6.08 Å². The summed E-state index contributed by atoms with van der Waals surface area (Å²) in [7, 11) is 0. The van der Waals surface area contributed by atoms with Crippen molar-refractivity contribution in [3.63, 3.8) is 0 Å². The van der Waals surface area contributed by atoms with E-state index in [1.165, 1.54) is 64.2 Å². The van der Waals surface area contributed by atoms with Gasteiger partial charge in [0.15, 0.2) is 0 Å². The van der Waals surface area contributed by atoms with Crippen molar-refractivity contribution in [2.24, 2.45) is 16.7 Å². The number of carbonyl (C=O) groups is 1. The standard InChI is InChI=1S/C28H54O2/c1-25(2)20-16-12-11-13-17-21-26(29)30-23-19-15-10-8-9-14-18-22-28(6,7)24-27(3,4)5/h15,19,25H,8-14,16-18,20-24H2,1-7H3. The summed E-state index contributed by atoms with van der Waals surface area (Å²) >= 11 is 0. The van der Waals surface area contributed by atoms with Gasteiger partial charge in [-0.2, -0.15) is 0 Å². The molecule has 0 saturated carbocycles. The molecule has 178 valence electrons. The lowest BCUT2D eigenvalue weighted by atomic mass is 9.73. The minimum atomic E-state index is -0.0419. The second kappa shape index (κ2) is 16.8. The van der Waals surface area contributed by atoms with Crippen LogP contribution in [0.15, 0.2) is 12.2 Å². The van der Waals surface area contributed by atoms with E-state index in [9.17, 15) is 4.79 Å². The third-order valence-electron chi connectivity index (χ3n) is 5.65. The molecule has 0 aromatic heterocycles. The normalized spacial score (nSPS) is 12.8. The summed E-state index contributed by atoms with van der Waals surface area (Å²) in [6, 6.07) is 0. The topological polar surface area (TPSA) is 26.3 Å². The number of hydrogen-bond acceptors (Lipinski definition) is 2. The largest absolute Gasteiger partial charge is 0.461 e. The molecule has 0 N–H and O–H groups in total. The van der Waals surface area contributed by atoms with Crippen LogP contribution < -0.4 is 0 Å². The Bertz CT molecular complexity index is 440. The maximum Gasteiger partial charge on any atom is 0.306 e. The third kappa shape index (κ3) is 21.9. The van der Waals surface area contributed by atoms with Gasteiger partial charge in [0.2, 0.25) is 0 Å². The van der Waals surface area contributed by atoms with Crippen LogP contribution in [0.3, 0.4) is 0 Å².